The zero-order chi connectivity index (χ0) is 23.0. The van der Waals surface area contributed by atoms with Crippen LogP contribution >= 0.6 is 0 Å². The first-order valence-corrected chi connectivity index (χ1v) is 10.4. The van der Waals surface area contributed by atoms with Gasteiger partial charge in [0.15, 0.2) is 0 Å². The molecule has 2 fully saturated rings. The summed E-state index contributed by atoms with van der Waals surface area (Å²) in [6.07, 6.45) is 2.14. The van der Waals surface area contributed by atoms with Gasteiger partial charge in [0.2, 0.25) is 11.8 Å². The minimum atomic E-state index is -0.274. The number of hydrogen-bond donors (Lipinski definition) is 3. The molecule has 1 aromatic carbocycles. The highest BCUT2D eigenvalue weighted by atomic mass is 16.3. The second-order valence-corrected chi connectivity index (χ2v) is 8.44. The molecule has 0 aliphatic carbocycles. The molecule has 1 unspecified atom stereocenters. The molecule has 9 nitrogen and oxygen atoms in total. The molecule has 0 aromatic heterocycles. The van der Waals surface area contributed by atoms with E-state index < -0.39 is 0 Å². The lowest BCUT2D eigenvalue weighted by atomic mass is 9.71. The maximum Gasteiger partial charge on any atom is 0.317 e. The van der Waals surface area contributed by atoms with Crippen molar-refractivity contribution in [2.24, 2.45) is 5.41 Å². The van der Waals surface area contributed by atoms with Crippen LogP contribution < -0.4 is 10.6 Å². The standard InChI is InChI=1S/C21H30N4O3.CH2O2/c1-15-6-4-5-7-16(15)17(24(2)3)14-22-20(28)25-10-8-21(9-11-25)12-18(26)23-19(27)13-21;2-1-3/h4-7,17H,8-14H2,1-3H3,(H,22,28)(H,23,26,27);1H,(H,2,3). The average molecular weight is 433 g/mol. The van der Waals surface area contributed by atoms with E-state index in [9.17, 15) is 14.4 Å². The molecule has 170 valence electrons. The third-order valence-electron chi connectivity index (χ3n) is 6.08. The number of nitrogens with one attached hydrogen (secondary N) is 2. The lowest BCUT2D eigenvalue weighted by Gasteiger charge is -2.43. The SMILES string of the molecule is Cc1ccccc1C(CNC(=O)N1CCC2(CC1)CC(=O)NC(=O)C2)N(C)C.O=CO. The Morgan fingerprint density at radius 2 is 1.77 bits per heavy atom. The van der Waals surface area contributed by atoms with Crippen LogP contribution in [0.25, 0.3) is 0 Å². The second kappa shape index (κ2) is 10.9. The number of likely N-dealkylation sites (N-methyl/N-ethyl adjacent to an activating group) is 1. The molecule has 9 heteroatoms. The molecule has 2 aliphatic rings. The van der Waals surface area contributed by atoms with E-state index in [0.717, 1.165) is 0 Å². The van der Waals surface area contributed by atoms with Crippen molar-refractivity contribution in [3.8, 4) is 0 Å². The molecular weight excluding hydrogens is 400 g/mol. The number of urea groups is 1. The number of rotatable bonds is 4. The van der Waals surface area contributed by atoms with Crippen molar-refractivity contribution in [2.75, 3.05) is 33.7 Å². The maximum absolute atomic E-state index is 12.7. The van der Waals surface area contributed by atoms with Crippen molar-refractivity contribution in [3.63, 3.8) is 0 Å². The molecule has 3 rings (SSSR count). The Labute approximate surface area is 182 Å². The molecule has 2 aliphatic heterocycles. The predicted molar refractivity (Wildman–Crippen MR) is 115 cm³/mol. The highest BCUT2D eigenvalue weighted by molar-refractivity contribution is 5.98. The molecule has 2 heterocycles. The Morgan fingerprint density at radius 1 is 1.23 bits per heavy atom. The van der Waals surface area contributed by atoms with Gasteiger partial charge in [0.1, 0.15) is 0 Å². The highest BCUT2D eigenvalue weighted by Gasteiger charge is 2.42. The lowest BCUT2D eigenvalue weighted by Crippen LogP contribution is -2.53. The van der Waals surface area contributed by atoms with Crippen molar-refractivity contribution in [1.82, 2.24) is 20.4 Å². The summed E-state index contributed by atoms with van der Waals surface area (Å²) < 4.78 is 0. The first-order chi connectivity index (χ1) is 14.7. The number of nitrogens with zero attached hydrogens (tertiary/aromatic N) is 2. The maximum atomic E-state index is 12.7. The summed E-state index contributed by atoms with van der Waals surface area (Å²) >= 11 is 0. The summed E-state index contributed by atoms with van der Waals surface area (Å²) in [5.41, 5.74) is 2.14. The monoisotopic (exact) mass is 432 g/mol. The molecule has 0 saturated carbocycles. The molecule has 3 N–H and O–H groups in total. The van der Waals surface area contributed by atoms with E-state index in [1.54, 1.807) is 4.90 Å². The van der Waals surface area contributed by atoms with Crippen LogP contribution in [-0.2, 0) is 14.4 Å². The molecule has 0 bridgehead atoms. The quantitative estimate of drug-likeness (QED) is 0.490. The topological polar surface area (TPSA) is 119 Å². The van der Waals surface area contributed by atoms with Gasteiger partial charge in [0.05, 0.1) is 6.04 Å². The van der Waals surface area contributed by atoms with E-state index >= 15 is 0 Å². The fraction of sp³-hybridized carbons (Fsp3) is 0.545. The number of likely N-dealkylation sites (tertiary alicyclic amines) is 1. The van der Waals surface area contributed by atoms with Crippen LogP contribution in [0, 0.1) is 12.3 Å². The molecule has 0 radical (unpaired) electrons. The zero-order valence-corrected chi connectivity index (χ0v) is 18.4. The molecule has 4 amide bonds. The van der Waals surface area contributed by atoms with Crippen LogP contribution in [0.1, 0.15) is 42.9 Å². The summed E-state index contributed by atoms with van der Waals surface area (Å²) in [5.74, 6) is -0.387. The second-order valence-electron chi connectivity index (χ2n) is 8.44. The molecular formula is C22H32N4O5. The fourth-order valence-corrected chi connectivity index (χ4v) is 4.35. The summed E-state index contributed by atoms with van der Waals surface area (Å²) in [7, 11) is 4.03. The third kappa shape index (κ3) is 6.52. The number of carboxylic acid groups (broad SMARTS) is 1. The number of imide groups is 1. The number of carbonyl (C=O) groups excluding carboxylic acids is 3. The van der Waals surface area contributed by atoms with E-state index in [1.807, 2.05) is 26.2 Å². The number of hydrogen-bond acceptors (Lipinski definition) is 5. The van der Waals surface area contributed by atoms with Gasteiger partial charge in [0.25, 0.3) is 6.47 Å². The molecule has 31 heavy (non-hydrogen) atoms. The number of benzene rings is 1. The minimum Gasteiger partial charge on any atom is -0.483 e. The van der Waals surface area contributed by atoms with Gasteiger partial charge >= 0.3 is 6.03 Å². The van der Waals surface area contributed by atoms with Gasteiger partial charge in [-0.05, 0) is 50.4 Å². The van der Waals surface area contributed by atoms with Crippen molar-refractivity contribution in [1.29, 1.82) is 0 Å². The van der Waals surface area contributed by atoms with E-state index in [1.165, 1.54) is 11.1 Å². The average Bonchev–Trinajstić information content (AvgIpc) is 2.69. The molecule has 2 saturated heterocycles. The first kappa shape index (κ1) is 24.3. The van der Waals surface area contributed by atoms with Crippen LogP contribution in [-0.4, -0.2) is 73.0 Å². The lowest BCUT2D eigenvalue weighted by molar-refractivity contribution is -0.139. The highest BCUT2D eigenvalue weighted by Crippen LogP contribution is 2.40. The smallest absolute Gasteiger partial charge is 0.317 e. The van der Waals surface area contributed by atoms with E-state index in [4.69, 9.17) is 9.90 Å². The van der Waals surface area contributed by atoms with Crippen LogP contribution in [0.3, 0.4) is 0 Å². The van der Waals surface area contributed by atoms with Gasteiger partial charge in [-0.15, -0.1) is 0 Å². The van der Waals surface area contributed by atoms with Crippen molar-refractivity contribution >= 4 is 24.3 Å². The minimum absolute atomic E-state index is 0.0816. The van der Waals surface area contributed by atoms with Crippen molar-refractivity contribution < 1.29 is 24.3 Å². The van der Waals surface area contributed by atoms with Gasteiger partial charge in [-0.25, -0.2) is 4.79 Å². The van der Waals surface area contributed by atoms with Crippen LogP contribution in [0.15, 0.2) is 24.3 Å². The van der Waals surface area contributed by atoms with E-state index in [2.05, 4.69) is 34.6 Å². The third-order valence-corrected chi connectivity index (χ3v) is 6.08. The first-order valence-electron chi connectivity index (χ1n) is 10.4. The fourth-order valence-electron chi connectivity index (χ4n) is 4.35. The van der Waals surface area contributed by atoms with Gasteiger partial charge in [-0.3, -0.25) is 19.7 Å². The Kier molecular flexibility index (Phi) is 8.56. The zero-order valence-electron chi connectivity index (χ0n) is 18.4. The Bertz CT molecular complexity index is 785. The molecule has 1 atom stereocenters. The summed E-state index contributed by atoms with van der Waals surface area (Å²) in [4.78, 5) is 48.4. The van der Waals surface area contributed by atoms with Gasteiger partial charge < -0.3 is 20.2 Å². The Morgan fingerprint density at radius 3 is 2.29 bits per heavy atom. The predicted octanol–water partition coefficient (Wildman–Crippen LogP) is 1.53. The van der Waals surface area contributed by atoms with E-state index in [-0.39, 0.29) is 35.8 Å². The normalized spacial score (nSPS) is 18.6. The number of amides is 4. The summed E-state index contributed by atoms with van der Waals surface area (Å²) in [6, 6.07) is 8.24. The van der Waals surface area contributed by atoms with E-state index in [0.29, 0.717) is 45.3 Å². The van der Waals surface area contributed by atoms with Crippen molar-refractivity contribution in [2.45, 2.75) is 38.6 Å². The summed E-state index contributed by atoms with van der Waals surface area (Å²) in [5, 5.41) is 12.3. The Balaban J connectivity index is 0.00000107. The van der Waals surface area contributed by atoms with Gasteiger partial charge in [0, 0.05) is 32.5 Å². The molecule has 1 aromatic rings. The number of carbonyl (C=O) groups is 4. The number of aryl methyl sites for hydroxylation is 1. The van der Waals surface area contributed by atoms with Crippen molar-refractivity contribution in [3.05, 3.63) is 35.4 Å². The van der Waals surface area contributed by atoms with Gasteiger partial charge in [-0.2, -0.15) is 0 Å². The Hall–Kier alpha value is -2.94. The van der Waals surface area contributed by atoms with Gasteiger partial charge in [-0.1, -0.05) is 24.3 Å². The van der Waals surface area contributed by atoms with Crippen LogP contribution in [0.2, 0.25) is 0 Å². The number of piperidine rings is 2. The molecule has 1 spiro atoms. The summed E-state index contributed by atoms with van der Waals surface area (Å²) in [6.45, 7) is 3.51. The van der Waals surface area contributed by atoms with Crippen LogP contribution in [0.4, 0.5) is 4.79 Å². The van der Waals surface area contributed by atoms with Crippen LogP contribution in [0.5, 0.6) is 0 Å². The largest absolute Gasteiger partial charge is 0.483 e.